The highest BCUT2D eigenvalue weighted by Gasteiger charge is 2.22. The second kappa shape index (κ2) is 14.5. The molecule has 2 saturated heterocycles. The number of hydrogen-bond donors (Lipinski definition) is 4. The standard InChI is InChI=1S/C36H36Cl2N8O3/c1-49-36-21(16-39-17-22-9-14-32(47)42-22)8-11-29(44-36)27-6-2-4-25(34(27)37)26-5-3-7-28(35(26)38)30-12-13-31-41-24(20-46(31)45-30)19-40-18-23-10-15-33(48)43-23/h2-8,11-13,20,22-23,39-40H,9-10,14-19H2,1H3,(H,42,47)(H,43,48)/t22-,23+/m1/s1. The molecule has 49 heavy (non-hydrogen) atoms. The third-order valence-corrected chi connectivity index (χ3v) is 9.73. The van der Waals surface area contributed by atoms with Crippen LogP contribution < -0.4 is 26.0 Å². The van der Waals surface area contributed by atoms with Crippen LogP contribution in [-0.2, 0) is 22.7 Å². The van der Waals surface area contributed by atoms with E-state index in [9.17, 15) is 9.59 Å². The van der Waals surface area contributed by atoms with Gasteiger partial charge < -0.3 is 26.0 Å². The highest BCUT2D eigenvalue weighted by atomic mass is 35.5. The van der Waals surface area contributed by atoms with E-state index in [0.29, 0.717) is 66.3 Å². The van der Waals surface area contributed by atoms with Crippen LogP contribution in [-0.4, -0.2) is 63.7 Å². The molecule has 0 bridgehead atoms. The molecule has 0 saturated carbocycles. The van der Waals surface area contributed by atoms with Gasteiger partial charge in [-0.05, 0) is 31.0 Å². The minimum Gasteiger partial charge on any atom is -0.481 e. The van der Waals surface area contributed by atoms with E-state index in [2.05, 4.69) is 26.3 Å². The van der Waals surface area contributed by atoms with Crippen molar-refractivity contribution in [2.24, 2.45) is 0 Å². The predicted molar refractivity (Wildman–Crippen MR) is 189 cm³/mol. The summed E-state index contributed by atoms with van der Waals surface area (Å²) in [7, 11) is 1.60. The molecule has 11 nitrogen and oxygen atoms in total. The second-order valence-electron chi connectivity index (χ2n) is 12.3. The first-order valence-electron chi connectivity index (χ1n) is 16.3. The Balaban J connectivity index is 1.09. The molecule has 13 heteroatoms. The number of hydrogen-bond acceptors (Lipinski definition) is 8. The van der Waals surface area contributed by atoms with E-state index < -0.39 is 0 Å². The molecule has 2 amide bonds. The fraction of sp³-hybridized carbons (Fsp3) is 0.306. The molecule has 0 aliphatic carbocycles. The molecular weight excluding hydrogens is 663 g/mol. The van der Waals surface area contributed by atoms with Gasteiger partial charge in [-0.25, -0.2) is 14.5 Å². The molecule has 7 rings (SSSR count). The Morgan fingerprint density at radius 2 is 1.37 bits per heavy atom. The van der Waals surface area contributed by atoms with Crippen molar-refractivity contribution in [1.82, 2.24) is 40.8 Å². The van der Waals surface area contributed by atoms with Crippen LogP contribution in [0, 0.1) is 0 Å². The quantitative estimate of drug-likeness (QED) is 0.140. The summed E-state index contributed by atoms with van der Waals surface area (Å²) in [6.07, 6.45) is 4.73. The molecule has 2 fully saturated rings. The van der Waals surface area contributed by atoms with Crippen molar-refractivity contribution >= 4 is 40.7 Å². The zero-order valence-electron chi connectivity index (χ0n) is 26.9. The monoisotopic (exact) mass is 698 g/mol. The van der Waals surface area contributed by atoms with Gasteiger partial charge in [0.15, 0.2) is 5.65 Å². The number of ether oxygens (including phenoxy) is 1. The summed E-state index contributed by atoms with van der Waals surface area (Å²) < 4.78 is 7.40. The first-order chi connectivity index (χ1) is 23.9. The summed E-state index contributed by atoms with van der Waals surface area (Å²) in [5.74, 6) is 0.710. The van der Waals surface area contributed by atoms with Gasteiger partial charge in [0, 0.05) is 78.9 Å². The van der Waals surface area contributed by atoms with Crippen molar-refractivity contribution in [2.45, 2.75) is 50.9 Å². The molecule has 0 spiro atoms. The van der Waals surface area contributed by atoms with Gasteiger partial charge in [0.25, 0.3) is 0 Å². The zero-order valence-corrected chi connectivity index (χ0v) is 28.4. The molecule has 2 aliphatic rings. The molecule has 4 N–H and O–H groups in total. The lowest BCUT2D eigenvalue weighted by molar-refractivity contribution is -0.120. The van der Waals surface area contributed by atoms with Gasteiger partial charge in [-0.15, -0.1) is 0 Å². The number of carbonyl (C=O) groups excluding carboxylic acids is 2. The number of rotatable bonds is 12. The minimum atomic E-state index is 0.0994. The van der Waals surface area contributed by atoms with Gasteiger partial charge >= 0.3 is 0 Å². The molecule has 2 atom stereocenters. The van der Waals surface area contributed by atoms with Gasteiger partial charge in [0.2, 0.25) is 17.7 Å². The van der Waals surface area contributed by atoms with Crippen LogP contribution in [0.15, 0.2) is 66.9 Å². The molecule has 3 aromatic heterocycles. The van der Waals surface area contributed by atoms with E-state index >= 15 is 0 Å². The van der Waals surface area contributed by atoms with E-state index in [1.165, 1.54) is 0 Å². The molecule has 5 aromatic rings. The smallest absolute Gasteiger partial charge is 0.220 e. The number of pyridine rings is 1. The van der Waals surface area contributed by atoms with Crippen molar-refractivity contribution in [3.8, 4) is 39.5 Å². The van der Waals surface area contributed by atoms with Gasteiger partial charge in [-0.3, -0.25) is 9.59 Å². The summed E-state index contributed by atoms with van der Waals surface area (Å²) in [4.78, 5) is 32.4. The predicted octanol–water partition coefficient (Wildman–Crippen LogP) is 5.18. The summed E-state index contributed by atoms with van der Waals surface area (Å²) in [6, 6.07) is 19.7. The fourth-order valence-corrected chi connectivity index (χ4v) is 7.03. The van der Waals surface area contributed by atoms with Crippen LogP contribution in [0.4, 0.5) is 0 Å². The van der Waals surface area contributed by atoms with Crippen molar-refractivity contribution < 1.29 is 14.3 Å². The van der Waals surface area contributed by atoms with Gasteiger partial charge in [-0.2, -0.15) is 5.10 Å². The van der Waals surface area contributed by atoms with Gasteiger partial charge in [-0.1, -0.05) is 65.7 Å². The highest BCUT2D eigenvalue weighted by Crippen LogP contribution is 2.42. The number of aromatic nitrogens is 4. The Hall–Kier alpha value is -4.55. The molecule has 2 aromatic carbocycles. The largest absolute Gasteiger partial charge is 0.481 e. The summed E-state index contributed by atoms with van der Waals surface area (Å²) in [5, 5.41) is 18.6. The van der Waals surface area contributed by atoms with E-state index in [-0.39, 0.29) is 23.9 Å². The topological polar surface area (TPSA) is 135 Å². The van der Waals surface area contributed by atoms with Crippen LogP contribution in [0.5, 0.6) is 5.88 Å². The first kappa shape index (κ1) is 33.0. The lowest BCUT2D eigenvalue weighted by atomic mass is 9.98. The molecule has 0 unspecified atom stereocenters. The van der Waals surface area contributed by atoms with Crippen LogP contribution in [0.25, 0.3) is 39.3 Å². The number of halogens is 2. The highest BCUT2D eigenvalue weighted by molar-refractivity contribution is 6.39. The number of fused-ring (bicyclic) bond motifs is 1. The number of carbonyl (C=O) groups is 2. The Morgan fingerprint density at radius 1 is 0.776 bits per heavy atom. The number of methoxy groups -OCH3 is 1. The van der Waals surface area contributed by atoms with Crippen molar-refractivity contribution in [3.05, 3.63) is 88.2 Å². The van der Waals surface area contributed by atoms with E-state index in [4.69, 9.17) is 38.0 Å². The summed E-state index contributed by atoms with van der Waals surface area (Å²) in [6.45, 7) is 2.49. The number of nitrogens with zero attached hydrogens (tertiary/aromatic N) is 4. The normalized spacial score (nSPS) is 17.4. The van der Waals surface area contributed by atoms with Gasteiger partial charge in [0.05, 0.1) is 40.4 Å². The maximum atomic E-state index is 11.5. The number of imidazole rings is 1. The summed E-state index contributed by atoms with van der Waals surface area (Å²) >= 11 is 14.2. The molecular formula is C36H36Cl2N8O3. The molecule has 5 heterocycles. The van der Waals surface area contributed by atoms with Crippen molar-refractivity contribution in [1.29, 1.82) is 0 Å². The van der Waals surface area contributed by atoms with Crippen molar-refractivity contribution in [2.75, 3.05) is 20.2 Å². The first-order valence-corrected chi connectivity index (χ1v) is 17.1. The molecule has 252 valence electrons. The van der Waals surface area contributed by atoms with E-state index in [1.807, 2.05) is 66.9 Å². The Morgan fingerprint density at radius 3 is 1.98 bits per heavy atom. The van der Waals surface area contributed by atoms with Crippen LogP contribution in [0.1, 0.15) is 36.9 Å². The lowest BCUT2D eigenvalue weighted by Gasteiger charge is -2.15. The maximum Gasteiger partial charge on any atom is 0.220 e. The van der Waals surface area contributed by atoms with Crippen LogP contribution >= 0.6 is 23.2 Å². The lowest BCUT2D eigenvalue weighted by Crippen LogP contribution is -2.35. The average Bonchev–Trinajstić information content (AvgIpc) is 3.84. The minimum absolute atomic E-state index is 0.0994. The Bertz CT molecular complexity index is 2030. The van der Waals surface area contributed by atoms with E-state index in [0.717, 1.165) is 52.0 Å². The Kier molecular flexibility index (Phi) is 9.77. The number of nitrogens with one attached hydrogen (secondary N) is 4. The van der Waals surface area contributed by atoms with Crippen molar-refractivity contribution in [3.63, 3.8) is 0 Å². The number of amides is 2. The molecule has 0 radical (unpaired) electrons. The second-order valence-corrected chi connectivity index (χ2v) is 13.1. The Labute approximate surface area is 293 Å². The summed E-state index contributed by atoms with van der Waals surface area (Å²) in [5.41, 5.74) is 6.92. The SMILES string of the molecule is COc1nc(-c2cccc(-c3cccc(-c4ccc5nc(CNC[C@@H]6CCC(=O)N6)cn5n4)c3Cl)c2Cl)ccc1CNC[C@H]1CCC(=O)N1. The zero-order chi connectivity index (χ0) is 33.9. The van der Waals surface area contributed by atoms with Gasteiger partial charge in [0.1, 0.15) is 0 Å². The maximum absolute atomic E-state index is 11.5. The number of benzene rings is 2. The van der Waals surface area contributed by atoms with Crippen LogP contribution in [0.2, 0.25) is 10.0 Å². The average molecular weight is 700 g/mol. The van der Waals surface area contributed by atoms with Crippen LogP contribution in [0.3, 0.4) is 0 Å². The van der Waals surface area contributed by atoms with E-state index in [1.54, 1.807) is 11.6 Å². The third-order valence-electron chi connectivity index (χ3n) is 8.91. The molecule has 2 aliphatic heterocycles. The fourth-order valence-electron chi connectivity index (χ4n) is 6.38. The third kappa shape index (κ3) is 7.25.